The van der Waals surface area contributed by atoms with Gasteiger partial charge in [-0.25, -0.2) is 4.39 Å². The number of aromatic nitrogens is 1. The molecule has 1 aromatic heterocycles. The van der Waals surface area contributed by atoms with Crippen LogP contribution in [0.15, 0.2) is 41.0 Å². The Labute approximate surface area is 125 Å². The van der Waals surface area contributed by atoms with E-state index in [0.717, 1.165) is 24.1 Å². The molecule has 104 valence electrons. The fourth-order valence-corrected chi connectivity index (χ4v) is 3.45. The third-order valence-electron chi connectivity index (χ3n) is 3.83. The van der Waals surface area contributed by atoms with E-state index < -0.39 is 0 Å². The highest BCUT2D eigenvalue weighted by molar-refractivity contribution is 9.10. The van der Waals surface area contributed by atoms with Gasteiger partial charge in [0.05, 0.1) is 6.04 Å². The Hall–Kier alpha value is -1.30. The fourth-order valence-electron chi connectivity index (χ4n) is 2.97. The summed E-state index contributed by atoms with van der Waals surface area (Å²) in [6, 6.07) is 8.77. The van der Waals surface area contributed by atoms with Crippen molar-refractivity contribution < 1.29 is 4.39 Å². The molecule has 20 heavy (non-hydrogen) atoms. The second-order valence-corrected chi connectivity index (χ2v) is 5.96. The Kier molecular flexibility index (Phi) is 3.83. The summed E-state index contributed by atoms with van der Waals surface area (Å²) in [7, 11) is 0. The number of hydrogen-bond acceptors (Lipinski definition) is 3. The summed E-state index contributed by atoms with van der Waals surface area (Å²) in [4.78, 5) is 4.48. The van der Waals surface area contributed by atoms with Crippen LogP contribution in [0.5, 0.6) is 0 Å². The Morgan fingerprint density at radius 1 is 1.40 bits per heavy atom. The van der Waals surface area contributed by atoms with Crippen molar-refractivity contribution in [3.63, 3.8) is 0 Å². The van der Waals surface area contributed by atoms with E-state index in [1.807, 2.05) is 12.1 Å². The number of fused-ring (bicyclic) bond motifs is 1. The average molecular weight is 336 g/mol. The van der Waals surface area contributed by atoms with Crippen LogP contribution in [0.4, 0.5) is 4.39 Å². The first-order chi connectivity index (χ1) is 9.69. The molecule has 1 heterocycles. The van der Waals surface area contributed by atoms with Crippen molar-refractivity contribution in [2.24, 2.45) is 5.84 Å². The monoisotopic (exact) mass is 335 g/mol. The van der Waals surface area contributed by atoms with Gasteiger partial charge in [-0.2, -0.15) is 0 Å². The van der Waals surface area contributed by atoms with Crippen LogP contribution in [0.25, 0.3) is 0 Å². The zero-order chi connectivity index (χ0) is 14.1. The van der Waals surface area contributed by atoms with E-state index in [2.05, 4.69) is 32.4 Å². The van der Waals surface area contributed by atoms with Gasteiger partial charge in [-0.1, -0.05) is 22.0 Å². The van der Waals surface area contributed by atoms with E-state index in [4.69, 9.17) is 5.84 Å². The molecule has 5 heteroatoms. The van der Waals surface area contributed by atoms with Gasteiger partial charge < -0.3 is 0 Å². The molecule has 2 atom stereocenters. The minimum Gasteiger partial charge on any atom is -0.271 e. The molecule has 2 aromatic rings. The Bertz CT molecular complexity index is 612. The molecule has 0 fully saturated rings. The van der Waals surface area contributed by atoms with Crippen LogP contribution in [0.3, 0.4) is 0 Å². The van der Waals surface area contributed by atoms with E-state index in [1.165, 1.54) is 17.7 Å². The molecule has 1 aromatic carbocycles. The molecule has 1 aliphatic rings. The van der Waals surface area contributed by atoms with Gasteiger partial charge in [0.2, 0.25) is 0 Å². The van der Waals surface area contributed by atoms with Gasteiger partial charge >= 0.3 is 0 Å². The summed E-state index contributed by atoms with van der Waals surface area (Å²) in [6.07, 6.45) is 3.75. The van der Waals surface area contributed by atoms with Crippen LogP contribution in [0.2, 0.25) is 0 Å². The number of nitrogens with one attached hydrogen (secondary N) is 1. The maximum Gasteiger partial charge on any atom is 0.124 e. The third kappa shape index (κ3) is 2.49. The molecule has 0 aliphatic heterocycles. The molecule has 0 saturated heterocycles. The van der Waals surface area contributed by atoms with Crippen molar-refractivity contribution in [2.45, 2.75) is 24.8 Å². The van der Waals surface area contributed by atoms with Crippen molar-refractivity contribution in [1.29, 1.82) is 0 Å². The van der Waals surface area contributed by atoms with Gasteiger partial charge in [0.1, 0.15) is 5.82 Å². The smallest absolute Gasteiger partial charge is 0.124 e. The molecule has 0 amide bonds. The topological polar surface area (TPSA) is 50.9 Å². The van der Waals surface area contributed by atoms with Crippen LogP contribution in [-0.4, -0.2) is 4.98 Å². The number of aryl methyl sites for hydroxylation is 1. The zero-order valence-corrected chi connectivity index (χ0v) is 12.4. The largest absolute Gasteiger partial charge is 0.271 e. The van der Waals surface area contributed by atoms with Gasteiger partial charge in [0.25, 0.3) is 0 Å². The lowest BCUT2D eigenvalue weighted by Gasteiger charge is -2.23. The van der Waals surface area contributed by atoms with Crippen LogP contribution in [-0.2, 0) is 6.42 Å². The highest BCUT2D eigenvalue weighted by Crippen LogP contribution is 2.40. The summed E-state index contributed by atoms with van der Waals surface area (Å²) >= 11 is 3.33. The van der Waals surface area contributed by atoms with E-state index in [9.17, 15) is 4.39 Å². The molecular weight excluding hydrogens is 321 g/mol. The first-order valence-electron chi connectivity index (χ1n) is 6.55. The minimum absolute atomic E-state index is 0.141. The lowest BCUT2D eigenvalue weighted by Crippen LogP contribution is -2.32. The van der Waals surface area contributed by atoms with Gasteiger partial charge in [0.15, 0.2) is 0 Å². The lowest BCUT2D eigenvalue weighted by molar-refractivity contribution is 0.444. The van der Waals surface area contributed by atoms with Crippen LogP contribution in [0.1, 0.15) is 35.2 Å². The standard InChI is InChI=1S/C15H15BrFN3/c16-11-6-10(7-12(17)8-11)15(20-18)13-4-3-9-2-1-5-19-14(9)13/h1-2,5-8,13,15,20H,3-4,18H2. The average Bonchev–Trinajstić information content (AvgIpc) is 2.83. The lowest BCUT2D eigenvalue weighted by atomic mass is 9.91. The van der Waals surface area contributed by atoms with Crippen molar-refractivity contribution in [2.75, 3.05) is 0 Å². The first-order valence-corrected chi connectivity index (χ1v) is 7.34. The van der Waals surface area contributed by atoms with Gasteiger partial charge in [-0.15, -0.1) is 0 Å². The van der Waals surface area contributed by atoms with E-state index in [1.54, 1.807) is 6.20 Å². The van der Waals surface area contributed by atoms with Crippen molar-refractivity contribution in [3.05, 3.63) is 63.6 Å². The van der Waals surface area contributed by atoms with Crippen molar-refractivity contribution >= 4 is 15.9 Å². The number of rotatable bonds is 3. The predicted molar refractivity (Wildman–Crippen MR) is 79.5 cm³/mol. The Balaban J connectivity index is 1.99. The normalized spacial score (nSPS) is 18.9. The number of pyridine rings is 1. The number of nitrogens with two attached hydrogens (primary N) is 1. The van der Waals surface area contributed by atoms with Crippen LogP contribution in [0, 0.1) is 5.82 Å². The Morgan fingerprint density at radius 3 is 3.00 bits per heavy atom. The summed E-state index contributed by atoms with van der Waals surface area (Å²) in [5, 5.41) is 0. The molecule has 3 rings (SSSR count). The number of benzene rings is 1. The molecular formula is C15H15BrFN3. The van der Waals surface area contributed by atoms with Crippen LogP contribution >= 0.6 is 15.9 Å². The fraction of sp³-hybridized carbons (Fsp3) is 0.267. The molecule has 0 saturated carbocycles. The molecule has 0 radical (unpaired) electrons. The molecule has 0 bridgehead atoms. The molecule has 3 nitrogen and oxygen atoms in total. The number of hydrogen-bond donors (Lipinski definition) is 2. The third-order valence-corrected chi connectivity index (χ3v) is 4.29. The number of hydrazine groups is 1. The van der Waals surface area contributed by atoms with Crippen LogP contribution < -0.4 is 11.3 Å². The number of halogens is 2. The maximum absolute atomic E-state index is 13.6. The van der Waals surface area contributed by atoms with Crippen molar-refractivity contribution in [3.8, 4) is 0 Å². The zero-order valence-electron chi connectivity index (χ0n) is 10.8. The number of nitrogens with zero attached hydrogens (tertiary/aromatic N) is 1. The summed E-state index contributed by atoms with van der Waals surface area (Å²) in [6.45, 7) is 0. The quantitative estimate of drug-likeness (QED) is 0.668. The predicted octanol–water partition coefficient (Wildman–Crippen LogP) is 3.22. The summed E-state index contributed by atoms with van der Waals surface area (Å²) in [5.41, 5.74) is 5.99. The van der Waals surface area contributed by atoms with Crippen molar-refractivity contribution in [1.82, 2.24) is 10.4 Å². The molecule has 1 aliphatic carbocycles. The van der Waals surface area contributed by atoms with E-state index >= 15 is 0 Å². The first kappa shape index (κ1) is 13.7. The van der Waals surface area contributed by atoms with Gasteiger partial charge in [0, 0.05) is 22.3 Å². The van der Waals surface area contributed by atoms with Gasteiger partial charge in [-0.05, 0) is 48.2 Å². The van der Waals surface area contributed by atoms with E-state index in [0.29, 0.717) is 4.47 Å². The Morgan fingerprint density at radius 2 is 2.25 bits per heavy atom. The highest BCUT2D eigenvalue weighted by atomic mass is 79.9. The second kappa shape index (κ2) is 5.60. The summed E-state index contributed by atoms with van der Waals surface area (Å²) in [5.74, 6) is 5.63. The highest BCUT2D eigenvalue weighted by Gasteiger charge is 2.31. The second-order valence-electron chi connectivity index (χ2n) is 5.04. The molecule has 3 N–H and O–H groups in total. The van der Waals surface area contributed by atoms with Gasteiger partial charge in [-0.3, -0.25) is 16.3 Å². The molecule has 0 spiro atoms. The maximum atomic E-state index is 13.6. The molecule has 2 unspecified atom stereocenters. The van der Waals surface area contributed by atoms with E-state index in [-0.39, 0.29) is 17.8 Å². The summed E-state index contributed by atoms with van der Waals surface area (Å²) < 4.78 is 14.3. The SMILES string of the molecule is NNC(c1cc(F)cc(Br)c1)C1CCc2cccnc21. The minimum atomic E-state index is -0.270.